The molecule has 0 spiro atoms. The third-order valence-corrected chi connectivity index (χ3v) is 7.69. The normalized spacial score (nSPS) is 16.9. The van der Waals surface area contributed by atoms with Crippen LogP contribution >= 0.6 is 11.6 Å². The van der Waals surface area contributed by atoms with Gasteiger partial charge in [-0.3, -0.25) is 4.79 Å². The zero-order valence-electron chi connectivity index (χ0n) is 22.3. The third kappa shape index (κ3) is 7.47. The molecule has 0 aliphatic carbocycles. The lowest BCUT2D eigenvalue weighted by atomic mass is 10.1. The van der Waals surface area contributed by atoms with Gasteiger partial charge in [-0.2, -0.15) is 13.2 Å². The molecule has 2 N–H and O–H groups in total. The van der Waals surface area contributed by atoms with E-state index in [0.717, 1.165) is 11.0 Å². The Hall–Kier alpha value is -3.92. The fourth-order valence-corrected chi connectivity index (χ4v) is 5.66. The number of benzene rings is 2. The number of hydrogen-bond acceptors (Lipinski definition) is 9. The van der Waals surface area contributed by atoms with E-state index in [2.05, 4.69) is 15.5 Å². The Morgan fingerprint density at radius 1 is 1.17 bits per heavy atom. The number of ether oxygens (including phenoxy) is 1. The zero-order chi connectivity index (χ0) is 31.0. The molecule has 2 heterocycles. The summed E-state index contributed by atoms with van der Waals surface area (Å²) in [4.78, 5) is 26.7. The number of fused-ring (bicyclic) bond motifs is 1. The first-order valence-electron chi connectivity index (χ1n) is 12.2. The molecule has 11 nitrogen and oxygen atoms in total. The van der Waals surface area contributed by atoms with Crippen molar-refractivity contribution < 1.29 is 44.7 Å². The summed E-state index contributed by atoms with van der Waals surface area (Å²) >= 11 is 5.96. The van der Waals surface area contributed by atoms with Crippen molar-refractivity contribution in [3.8, 4) is 11.5 Å². The van der Waals surface area contributed by atoms with E-state index in [9.17, 15) is 31.2 Å². The summed E-state index contributed by atoms with van der Waals surface area (Å²) in [5, 5.41) is 11.5. The summed E-state index contributed by atoms with van der Waals surface area (Å²) in [7, 11) is -4.42. The Balaban J connectivity index is 1.79. The Bertz CT molecular complexity index is 1610. The minimum Gasteiger partial charge on any atom is -0.444 e. The number of alkyl carbamates (subject to hydrolysis) is 1. The van der Waals surface area contributed by atoms with Crippen LogP contribution in [0, 0.1) is 5.82 Å². The van der Waals surface area contributed by atoms with E-state index in [1.165, 1.54) is 12.1 Å². The Morgan fingerprint density at radius 3 is 2.45 bits per heavy atom. The average Bonchev–Trinajstić information content (AvgIpc) is 3.31. The molecule has 0 saturated carbocycles. The lowest BCUT2D eigenvalue weighted by Gasteiger charge is -2.27. The molecule has 1 aliphatic heterocycles. The molecule has 3 aromatic rings. The smallest absolute Gasteiger partial charge is 0.408 e. The van der Waals surface area contributed by atoms with Crippen LogP contribution in [-0.4, -0.2) is 60.7 Å². The van der Waals surface area contributed by atoms with E-state index < -0.39 is 80.1 Å². The van der Waals surface area contributed by atoms with E-state index in [-0.39, 0.29) is 12.2 Å². The molecule has 2 aromatic carbocycles. The third-order valence-electron chi connectivity index (χ3n) is 5.67. The molecule has 0 saturated heterocycles. The maximum Gasteiger partial charge on any atom is 0.408 e. The highest BCUT2D eigenvalue weighted by atomic mass is 35.5. The summed E-state index contributed by atoms with van der Waals surface area (Å²) < 4.78 is 90.1. The number of rotatable bonds is 6. The van der Waals surface area contributed by atoms with E-state index in [1.54, 1.807) is 32.9 Å². The quantitative estimate of drug-likeness (QED) is 0.369. The maximum atomic E-state index is 15.3. The highest BCUT2D eigenvalue weighted by Gasteiger charge is 2.40. The lowest BCUT2D eigenvalue weighted by Crippen LogP contribution is -2.51. The monoisotopic (exact) mass is 633 g/mol. The fourth-order valence-electron chi connectivity index (χ4n) is 3.92. The van der Waals surface area contributed by atoms with E-state index in [4.69, 9.17) is 20.8 Å². The predicted octanol–water partition coefficient (Wildman–Crippen LogP) is 4.72. The standard InChI is InChI=1S/C25H24ClF4N5O6S/c1-24(2,3)41-23(37)32-17-11-42(38,39)19-9-16(27)15(20-33-34-22(40-20)31-12-25(28,29)30)8-18(19)35(21(17)36)10-13-4-6-14(26)7-5-13/h4-9,17H,10-12H2,1-3H3,(H,31,34)(H,32,37)/t17-/m0/s1. The van der Waals surface area contributed by atoms with Gasteiger partial charge >= 0.3 is 18.3 Å². The van der Waals surface area contributed by atoms with Gasteiger partial charge in [0.05, 0.1) is 28.4 Å². The fraction of sp³-hybridized carbons (Fsp3) is 0.360. The number of anilines is 2. The minimum atomic E-state index is -4.61. The summed E-state index contributed by atoms with van der Waals surface area (Å²) in [6.45, 7) is 2.99. The molecule has 1 atom stereocenters. The number of hydrogen-bond donors (Lipinski definition) is 2. The van der Waals surface area contributed by atoms with Gasteiger partial charge in [-0.25, -0.2) is 17.6 Å². The molecule has 4 rings (SSSR count). The Labute approximate surface area is 242 Å². The number of carbonyl (C=O) groups excluding carboxylic acids is 2. The number of amides is 2. The molecular weight excluding hydrogens is 610 g/mol. The first kappa shape index (κ1) is 31.0. The van der Waals surface area contributed by atoms with Crippen molar-refractivity contribution in [2.75, 3.05) is 22.5 Å². The van der Waals surface area contributed by atoms with Crippen molar-refractivity contribution >= 4 is 45.1 Å². The van der Waals surface area contributed by atoms with E-state index >= 15 is 4.39 Å². The van der Waals surface area contributed by atoms with Crippen molar-refractivity contribution in [2.24, 2.45) is 0 Å². The molecule has 2 amide bonds. The zero-order valence-corrected chi connectivity index (χ0v) is 23.8. The molecule has 0 fully saturated rings. The maximum absolute atomic E-state index is 15.3. The van der Waals surface area contributed by atoms with Gasteiger partial charge < -0.3 is 24.7 Å². The van der Waals surface area contributed by atoms with Gasteiger partial charge in [-0.15, -0.1) is 5.10 Å². The number of nitrogens with one attached hydrogen (secondary N) is 2. The predicted molar refractivity (Wildman–Crippen MR) is 142 cm³/mol. The molecule has 0 unspecified atom stereocenters. The highest BCUT2D eigenvalue weighted by Crippen LogP contribution is 2.37. The highest BCUT2D eigenvalue weighted by molar-refractivity contribution is 7.91. The lowest BCUT2D eigenvalue weighted by molar-refractivity contribution is -0.120. The molecule has 226 valence electrons. The Morgan fingerprint density at radius 2 is 1.83 bits per heavy atom. The van der Waals surface area contributed by atoms with Gasteiger partial charge in [-0.1, -0.05) is 28.8 Å². The van der Waals surface area contributed by atoms with Gasteiger partial charge in [0.1, 0.15) is 24.0 Å². The van der Waals surface area contributed by atoms with Gasteiger partial charge in [-0.05, 0) is 50.6 Å². The molecule has 1 aromatic heterocycles. The second kappa shape index (κ2) is 11.4. The van der Waals surface area contributed by atoms with Crippen molar-refractivity contribution in [3.63, 3.8) is 0 Å². The number of nitrogens with zero attached hydrogens (tertiary/aromatic N) is 3. The first-order valence-corrected chi connectivity index (χ1v) is 14.2. The summed E-state index contributed by atoms with van der Waals surface area (Å²) in [5.41, 5.74) is -1.23. The Kier molecular flexibility index (Phi) is 8.42. The number of halogens is 5. The second-order valence-corrected chi connectivity index (χ2v) is 12.7. The van der Waals surface area contributed by atoms with Gasteiger partial charge in [0.25, 0.3) is 11.8 Å². The van der Waals surface area contributed by atoms with Crippen LogP contribution in [0.1, 0.15) is 26.3 Å². The average molecular weight is 634 g/mol. The van der Waals surface area contributed by atoms with Gasteiger partial charge in [0, 0.05) is 5.02 Å². The van der Waals surface area contributed by atoms with Crippen LogP contribution < -0.4 is 15.5 Å². The van der Waals surface area contributed by atoms with Crippen LogP contribution in [0.5, 0.6) is 0 Å². The van der Waals surface area contributed by atoms with Crippen molar-refractivity contribution in [2.45, 2.75) is 50.0 Å². The van der Waals surface area contributed by atoms with Gasteiger partial charge in [0.2, 0.25) is 0 Å². The van der Waals surface area contributed by atoms with Crippen LogP contribution in [0.3, 0.4) is 0 Å². The minimum absolute atomic E-state index is 0.238. The molecule has 1 aliphatic rings. The van der Waals surface area contributed by atoms with E-state index in [1.807, 2.05) is 5.32 Å². The van der Waals surface area contributed by atoms with Crippen molar-refractivity contribution in [1.29, 1.82) is 0 Å². The summed E-state index contributed by atoms with van der Waals surface area (Å²) in [5.74, 6) is -3.53. The first-order chi connectivity index (χ1) is 19.4. The van der Waals surface area contributed by atoms with E-state index in [0.29, 0.717) is 16.7 Å². The molecule has 42 heavy (non-hydrogen) atoms. The number of aromatic nitrogens is 2. The molecule has 0 radical (unpaired) electrons. The van der Waals surface area contributed by atoms with Crippen molar-refractivity contribution in [3.05, 3.63) is 52.8 Å². The SMILES string of the molecule is CC(C)(C)OC(=O)N[C@H]1CS(=O)(=O)c2cc(F)c(-c3nnc(NCC(F)(F)F)o3)cc2N(Cc2ccc(Cl)cc2)C1=O. The summed E-state index contributed by atoms with van der Waals surface area (Å²) in [6, 6.07) is 5.54. The largest absolute Gasteiger partial charge is 0.444 e. The number of alkyl halides is 3. The molecule has 17 heteroatoms. The van der Waals surface area contributed by atoms with Crippen LogP contribution in [-0.2, 0) is 25.9 Å². The number of sulfone groups is 1. The molecular formula is C25H24ClF4N5O6S. The second-order valence-electron chi connectivity index (χ2n) is 10.2. The van der Waals surface area contributed by atoms with Crippen LogP contribution in [0.15, 0.2) is 45.7 Å². The summed E-state index contributed by atoms with van der Waals surface area (Å²) in [6.07, 6.45) is -5.66. The van der Waals surface area contributed by atoms with Crippen LogP contribution in [0.4, 0.5) is 34.1 Å². The van der Waals surface area contributed by atoms with Gasteiger partial charge in [0.15, 0.2) is 9.84 Å². The van der Waals surface area contributed by atoms with Crippen molar-refractivity contribution in [1.82, 2.24) is 15.5 Å². The van der Waals surface area contributed by atoms with Crippen LogP contribution in [0.2, 0.25) is 5.02 Å². The molecule has 0 bridgehead atoms. The topological polar surface area (TPSA) is 144 Å². The number of carbonyl (C=O) groups is 2. The van der Waals surface area contributed by atoms with Crippen LogP contribution in [0.25, 0.3) is 11.5 Å².